The Morgan fingerprint density at radius 2 is 2.00 bits per heavy atom. The second-order valence-corrected chi connectivity index (χ2v) is 6.88. The fraction of sp³-hybridized carbons (Fsp3) is 0.286. The van der Waals surface area contributed by atoms with E-state index >= 15 is 0 Å². The van der Waals surface area contributed by atoms with Crippen molar-refractivity contribution in [2.45, 2.75) is 26.3 Å². The Hall–Kier alpha value is -2.99. The number of rotatable bonds is 5. The quantitative estimate of drug-likeness (QED) is 0.756. The third-order valence-corrected chi connectivity index (χ3v) is 4.91. The zero-order valence-corrected chi connectivity index (χ0v) is 15.4. The molecule has 27 heavy (non-hydrogen) atoms. The summed E-state index contributed by atoms with van der Waals surface area (Å²) in [5.74, 6) is 0.537. The van der Waals surface area contributed by atoms with Gasteiger partial charge in [0, 0.05) is 18.4 Å². The zero-order valence-electron chi connectivity index (χ0n) is 15.4. The Balaban J connectivity index is 1.49. The third kappa shape index (κ3) is 3.90. The number of benzene rings is 1. The molecule has 6 nitrogen and oxygen atoms in total. The van der Waals surface area contributed by atoms with E-state index in [-0.39, 0.29) is 5.91 Å². The lowest BCUT2D eigenvalue weighted by Gasteiger charge is -2.15. The van der Waals surface area contributed by atoms with Gasteiger partial charge in [0.1, 0.15) is 0 Å². The molecule has 1 aromatic carbocycles. The number of anilines is 1. The molecule has 0 bridgehead atoms. The number of carbonyl (C=O) groups excluding carboxylic acids is 1. The Morgan fingerprint density at radius 3 is 2.78 bits per heavy atom. The monoisotopic (exact) mass is 361 g/mol. The van der Waals surface area contributed by atoms with Crippen molar-refractivity contribution in [2.24, 2.45) is 0 Å². The fourth-order valence-electron chi connectivity index (χ4n) is 3.49. The van der Waals surface area contributed by atoms with Crippen molar-refractivity contribution in [3.05, 3.63) is 71.7 Å². The lowest BCUT2D eigenvalue weighted by molar-refractivity contribution is 0.102. The molecule has 0 unspecified atom stereocenters. The highest BCUT2D eigenvalue weighted by molar-refractivity contribution is 6.05. The van der Waals surface area contributed by atoms with Gasteiger partial charge in [-0.2, -0.15) is 5.10 Å². The van der Waals surface area contributed by atoms with Gasteiger partial charge in [-0.3, -0.25) is 9.69 Å². The van der Waals surface area contributed by atoms with Crippen LogP contribution in [0, 0.1) is 6.92 Å². The minimum atomic E-state index is -0.159. The molecule has 1 saturated heterocycles. The molecule has 1 aliphatic heterocycles. The molecule has 1 fully saturated rings. The Labute approximate surface area is 158 Å². The first-order valence-corrected chi connectivity index (χ1v) is 9.29. The maximum Gasteiger partial charge on any atom is 0.259 e. The molecule has 1 amide bonds. The molecule has 1 N–H and O–H groups in total. The maximum atomic E-state index is 12.7. The van der Waals surface area contributed by atoms with E-state index < -0.39 is 0 Å². The van der Waals surface area contributed by atoms with Crippen molar-refractivity contribution in [1.29, 1.82) is 0 Å². The minimum absolute atomic E-state index is 0.159. The molecule has 0 saturated carbocycles. The highest BCUT2D eigenvalue weighted by Crippen LogP contribution is 2.18. The van der Waals surface area contributed by atoms with E-state index in [0.29, 0.717) is 11.4 Å². The standard InChI is InChI=1S/C21H23N5O/c1-16-19(14-23-26(16)20-9-2-3-10-22-20)21(27)24-18-8-6-7-17(13-18)15-25-11-4-5-12-25/h2-3,6-10,13-14H,4-5,11-12,15H2,1H3,(H,24,27). The van der Waals surface area contributed by atoms with Crippen LogP contribution in [0.3, 0.4) is 0 Å². The van der Waals surface area contributed by atoms with E-state index in [1.165, 1.54) is 18.4 Å². The smallest absolute Gasteiger partial charge is 0.259 e. The molecule has 3 heterocycles. The van der Waals surface area contributed by atoms with Crippen LogP contribution in [-0.2, 0) is 6.54 Å². The van der Waals surface area contributed by atoms with Crippen molar-refractivity contribution in [3.8, 4) is 5.82 Å². The second-order valence-electron chi connectivity index (χ2n) is 6.88. The van der Waals surface area contributed by atoms with Gasteiger partial charge in [-0.1, -0.05) is 18.2 Å². The predicted molar refractivity (Wildman–Crippen MR) is 105 cm³/mol. The summed E-state index contributed by atoms with van der Waals surface area (Å²) in [4.78, 5) is 19.5. The van der Waals surface area contributed by atoms with Gasteiger partial charge in [-0.15, -0.1) is 0 Å². The minimum Gasteiger partial charge on any atom is -0.322 e. The molecule has 0 spiro atoms. The summed E-state index contributed by atoms with van der Waals surface area (Å²) in [5.41, 5.74) is 3.34. The van der Waals surface area contributed by atoms with Gasteiger partial charge in [0.15, 0.2) is 5.82 Å². The van der Waals surface area contributed by atoms with Gasteiger partial charge >= 0.3 is 0 Å². The average Bonchev–Trinajstić information content (AvgIpc) is 3.32. The molecule has 1 aliphatic rings. The summed E-state index contributed by atoms with van der Waals surface area (Å²) in [6.07, 6.45) is 5.85. The van der Waals surface area contributed by atoms with Crippen molar-refractivity contribution in [2.75, 3.05) is 18.4 Å². The van der Waals surface area contributed by atoms with Gasteiger partial charge in [0.25, 0.3) is 5.91 Å². The second kappa shape index (κ2) is 7.72. The number of amides is 1. The zero-order chi connectivity index (χ0) is 18.6. The van der Waals surface area contributed by atoms with Crippen LogP contribution in [-0.4, -0.2) is 38.7 Å². The average molecular weight is 361 g/mol. The van der Waals surface area contributed by atoms with Crippen LogP contribution in [0.25, 0.3) is 5.82 Å². The van der Waals surface area contributed by atoms with Crippen molar-refractivity contribution >= 4 is 11.6 Å². The van der Waals surface area contributed by atoms with E-state index in [4.69, 9.17) is 0 Å². The Kier molecular flexibility index (Phi) is 4.98. The number of nitrogens with zero attached hydrogens (tertiary/aromatic N) is 4. The molecule has 0 atom stereocenters. The normalized spacial score (nSPS) is 14.4. The highest BCUT2D eigenvalue weighted by Gasteiger charge is 2.16. The number of aromatic nitrogens is 3. The van der Waals surface area contributed by atoms with Gasteiger partial charge in [0.05, 0.1) is 17.5 Å². The van der Waals surface area contributed by atoms with Gasteiger partial charge in [0.2, 0.25) is 0 Å². The highest BCUT2D eigenvalue weighted by atomic mass is 16.1. The summed E-state index contributed by atoms with van der Waals surface area (Å²) < 4.78 is 1.68. The van der Waals surface area contributed by atoms with Gasteiger partial charge in [-0.25, -0.2) is 9.67 Å². The van der Waals surface area contributed by atoms with Gasteiger partial charge < -0.3 is 5.32 Å². The SMILES string of the molecule is Cc1c(C(=O)Nc2cccc(CN3CCCC3)c2)cnn1-c1ccccn1. The van der Waals surface area contributed by atoms with Crippen molar-refractivity contribution in [3.63, 3.8) is 0 Å². The molecule has 0 aliphatic carbocycles. The fourth-order valence-corrected chi connectivity index (χ4v) is 3.49. The Morgan fingerprint density at radius 1 is 1.15 bits per heavy atom. The summed E-state index contributed by atoms with van der Waals surface area (Å²) in [7, 11) is 0. The van der Waals surface area contributed by atoms with E-state index in [1.54, 1.807) is 17.1 Å². The number of pyridine rings is 1. The van der Waals surface area contributed by atoms with Crippen molar-refractivity contribution in [1.82, 2.24) is 19.7 Å². The number of hydrogen-bond donors (Lipinski definition) is 1. The molecule has 138 valence electrons. The molecule has 0 radical (unpaired) electrons. The van der Waals surface area contributed by atoms with Crippen LogP contribution in [0.15, 0.2) is 54.9 Å². The molecule has 2 aromatic heterocycles. The number of carbonyl (C=O) groups is 1. The molecule has 4 rings (SSSR count). The summed E-state index contributed by atoms with van der Waals surface area (Å²) >= 11 is 0. The number of likely N-dealkylation sites (tertiary alicyclic amines) is 1. The molecular weight excluding hydrogens is 338 g/mol. The first-order valence-electron chi connectivity index (χ1n) is 9.29. The van der Waals surface area contributed by atoms with Crippen LogP contribution in [0.1, 0.15) is 34.5 Å². The van der Waals surface area contributed by atoms with Crippen molar-refractivity contribution < 1.29 is 4.79 Å². The number of nitrogens with one attached hydrogen (secondary N) is 1. The largest absolute Gasteiger partial charge is 0.322 e. The molecular formula is C21H23N5O. The lowest BCUT2D eigenvalue weighted by Crippen LogP contribution is -2.18. The van der Waals surface area contributed by atoms with E-state index in [2.05, 4.69) is 32.4 Å². The van der Waals surface area contributed by atoms with Crippen LogP contribution in [0.5, 0.6) is 0 Å². The molecule has 6 heteroatoms. The van der Waals surface area contributed by atoms with Crippen LogP contribution in [0.4, 0.5) is 5.69 Å². The maximum absolute atomic E-state index is 12.7. The first kappa shape index (κ1) is 17.4. The third-order valence-electron chi connectivity index (χ3n) is 4.91. The van der Waals surface area contributed by atoms with Gasteiger partial charge in [-0.05, 0) is 62.7 Å². The van der Waals surface area contributed by atoms with E-state index in [1.807, 2.05) is 37.3 Å². The lowest BCUT2D eigenvalue weighted by atomic mass is 10.1. The summed E-state index contributed by atoms with van der Waals surface area (Å²) in [6, 6.07) is 13.7. The van der Waals surface area contributed by atoms with E-state index in [9.17, 15) is 4.79 Å². The molecule has 3 aromatic rings. The number of hydrogen-bond acceptors (Lipinski definition) is 4. The first-order chi connectivity index (χ1) is 13.2. The summed E-state index contributed by atoms with van der Waals surface area (Å²) in [5, 5.41) is 7.32. The predicted octanol–water partition coefficient (Wildman–Crippen LogP) is 3.42. The Bertz CT molecular complexity index is 929. The van der Waals surface area contributed by atoms with Crippen LogP contribution in [0.2, 0.25) is 0 Å². The van der Waals surface area contributed by atoms with E-state index in [0.717, 1.165) is 31.0 Å². The van der Waals surface area contributed by atoms with Crippen LogP contribution < -0.4 is 5.32 Å². The topological polar surface area (TPSA) is 63.1 Å². The van der Waals surface area contributed by atoms with Crippen LogP contribution >= 0.6 is 0 Å². The summed E-state index contributed by atoms with van der Waals surface area (Å²) in [6.45, 7) is 5.12.